The number of hydrogen-bond acceptors (Lipinski definition) is 3. The molecule has 0 heterocycles. The SMILES string of the molecule is COc1cccc(CN(C)C(=O)NCc2ccc(OC3CCCCC3)cc2)c1. The minimum Gasteiger partial charge on any atom is -0.497 e. The molecule has 1 aliphatic rings. The summed E-state index contributed by atoms with van der Waals surface area (Å²) in [6, 6.07) is 15.7. The summed E-state index contributed by atoms with van der Waals surface area (Å²) < 4.78 is 11.3. The standard InChI is InChI=1S/C23H30N2O3/c1-25(17-19-7-6-10-22(15-19)27-2)23(26)24-16-18-11-13-21(14-12-18)28-20-8-4-3-5-9-20/h6-7,10-15,20H,3-5,8-9,16-17H2,1-2H3,(H,24,26). The van der Waals surface area contributed by atoms with Gasteiger partial charge in [0.25, 0.3) is 0 Å². The fourth-order valence-electron chi connectivity index (χ4n) is 3.49. The van der Waals surface area contributed by atoms with Crippen LogP contribution in [0.3, 0.4) is 0 Å². The number of nitrogens with one attached hydrogen (secondary N) is 1. The van der Waals surface area contributed by atoms with Gasteiger partial charge in [0.1, 0.15) is 11.5 Å². The Morgan fingerprint density at radius 3 is 2.50 bits per heavy atom. The molecular weight excluding hydrogens is 352 g/mol. The molecule has 0 unspecified atom stereocenters. The Morgan fingerprint density at radius 2 is 1.79 bits per heavy atom. The van der Waals surface area contributed by atoms with Gasteiger partial charge in [0.15, 0.2) is 0 Å². The first kappa shape index (κ1) is 20.1. The molecule has 0 bridgehead atoms. The van der Waals surface area contributed by atoms with Crippen LogP contribution in [0.4, 0.5) is 4.79 Å². The van der Waals surface area contributed by atoms with Crippen LogP contribution in [-0.4, -0.2) is 31.2 Å². The van der Waals surface area contributed by atoms with Crippen molar-refractivity contribution in [2.75, 3.05) is 14.2 Å². The fraction of sp³-hybridized carbons (Fsp3) is 0.435. The highest BCUT2D eigenvalue weighted by molar-refractivity contribution is 5.73. The molecule has 0 atom stereocenters. The van der Waals surface area contributed by atoms with Crippen molar-refractivity contribution in [3.8, 4) is 11.5 Å². The van der Waals surface area contributed by atoms with Crippen molar-refractivity contribution in [1.29, 1.82) is 0 Å². The Hall–Kier alpha value is -2.69. The maximum atomic E-state index is 12.4. The van der Waals surface area contributed by atoms with Crippen molar-refractivity contribution in [3.63, 3.8) is 0 Å². The molecule has 1 aliphatic carbocycles. The van der Waals surface area contributed by atoms with Crippen LogP contribution in [0.15, 0.2) is 48.5 Å². The zero-order valence-electron chi connectivity index (χ0n) is 16.8. The summed E-state index contributed by atoms with van der Waals surface area (Å²) in [4.78, 5) is 14.0. The summed E-state index contributed by atoms with van der Waals surface area (Å²) in [6.07, 6.45) is 6.50. The van der Waals surface area contributed by atoms with E-state index in [0.717, 1.165) is 35.5 Å². The predicted octanol–water partition coefficient (Wildman–Crippen LogP) is 4.75. The van der Waals surface area contributed by atoms with Crippen LogP contribution in [-0.2, 0) is 13.1 Å². The van der Waals surface area contributed by atoms with E-state index in [1.54, 1.807) is 19.1 Å². The third kappa shape index (κ3) is 5.91. The second-order valence-electron chi connectivity index (χ2n) is 7.39. The van der Waals surface area contributed by atoms with Gasteiger partial charge in [-0.25, -0.2) is 4.79 Å². The number of hydrogen-bond donors (Lipinski definition) is 1. The van der Waals surface area contributed by atoms with E-state index in [4.69, 9.17) is 9.47 Å². The van der Waals surface area contributed by atoms with Crippen molar-refractivity contribution >= 4 is 6.03 Å². The van der Waals surface area contributed by atoms with E-state index >= 15 is 0 Å². The van der Waals surface area contributed by atoms with Gasteiger partial charge in [-0.15, -0.1) is 0 Å². The zero-order valence-corrected chi connectivity index (χ0v) is 16.8. The molecule has 2 aromatic rings. The number of carbonyl (C=O) groups excluding carboxylic acids is 1. The van der Waals surface area contributed by atoms with Crippen LogP contribution in [0.5, 0.6) is 11.5 Å². The monoisotopic (exact) mass is 382 g/mol. The van der Waals surface area contributed by atoms with E-state index in [1.165, 1.54) is 19.3 Å². The second-order valence-corrected chi connectivity index (χ2v) is 7.39. The molecule has 2 amide bonds. The summed E-state index contributed by atoms with van der Waals surface area (Å²) in [5.41, 5.74) is 2.08. The molecule has 28 heavy (non-hydrogen) atoms. The molecule has 0 spiro atoms. The van der Waals surface area contributed by atoms with Crippen LogP contribution in [0.1, 0.15) is 43.2 Å². The largest absolute Gasteiger partial charge is 0.497 e. The highest BCUT2D eigenvalue weighted by Crippen LogP contribution is 2.23. The number of carbonyl (C=O) groups is 1. The van der Waals surface area contributed by atoms with Gasteiger partial charge >= 0.3 is 6.03 Å². The first-order valence-corrected chi connectivity index (χ1v) is 10.0. The molecule has 1 fully saturated rings. The lowest BCUT2D eigenvalue weighted by atomic mass is 9.98. The Morgan fingerprint density at radius 1 is 1.04 bits per heavy atom. The lowest BCUT2D eigenvalue weighted by Crippen LogP contribution is -2.36. The highest BCUT2D eigenvalue weighted by atomic mass is 16.5. The molecule has 0 saturated heterocycles. The van der Waals surface area contributed by atoms with Gasteiger partial charge < -0.3 is 19.7 Å². The minimum absolute atomic E-state index is 0.106. The second kappa shape index (κ2) is 10.0. The number of ether oxygens (including phenoxy) is 2. The topological polar surface area (TPSA) is 50.8 Å². The van der Waals surface area contributed by atoms with Crippen LogP contribution in [0.2, 0.25) is 0 Å². The van der Waals surface area contributed by atoms with Crippen LogP contribution in [0.25, 0.3) is 0 Å². The number of nitrogens with zero attached hydrogens (tertiary/aromatic N) is 1. The smallest absolute Gasteiger partial charge is 0.317 e. The molecule has 5 heteroatoms. The van der Waals surface area contributed by atoms with Crippen LogP contribution in [0, 0.1) is 0 Å². The Bertz CT molecular complexity index is 755. The fourth-order valence-corrected chi connectivity index (χ4v) is 3.49. The third-order valence-electron chi connectivity index (χ3n) is 5.12. The van der Waals surface area contributed by atoms with E-state index in [9.17, 15) is 4.79 Å². The number of rotatable bonds is 7. The maximum Gasteiger partial charge on any atom is 0.317 e. The molecule has 2 aromatic carbocycles. The van der Waals surface area contributed by atoms with E-state index in [1.807, 2.05) is 48.5 Å². The van der Waals surface area contributed by atoms with Gasteiger partial charge in [-0.2, -0.15) is 0 Å². The highest BCUT2D eigenvalue weighted by Gasteiger charge is 2.14. The van der Waals surface area contributed by atoms with E-state index in [-0.39, 0.29) is 6.03 Å². The minimum atomic E-state index is -0.106. The molecule has 150 valence electrons. The molecular formula is C23H30N2O3. The first-order valence-electron chi connectivity index (χ1n) is 10.0. The van der Waals surface area contributed by atoms with Crippen molar-refractivity contribution in [1.82, 2.24) is 10.2 Å². The number of amides is 2. The number of methoxy groups -OCH3 is 1. The molecule has 1 saturated carbocycles. The molecule has 0 aromatic heterocycles. The zero-order chi connectivity index (χ0) is 19.8. The maximum absolute atomic E-state index is 12.4. The third-order valence-corrected chi connectivity index (χ3v) is 5.12. The molecule has 0 radical (unpaired) electrons. The van der Waals surface area contributed by atoms with Gasteiger partial charge in [-0.3, -0.25) is 0 Å². The van der Waals surface area contributed by atoms with Crippen molar-refractivity contribution in [2.45, 2.75) is 51.3 Å². The van der Waals surface area contributed by atoms with E-state index in [0.29, 0.717) is 19.2 Å². The molecule has 1 N–H and O–H groups in total. The summed E-state index contributed by atoms with van der Waals surface area (Å²) >= 11 is 0. The average Bonchev–Trinajstić information content (AvgIpc) is 2.74. The quantitative estimate of drug-likeness (QED) is 0.752. The summed E-state index contributed by atoms with van der Waals surface area (Å²) in [6.45, 7) is 1.02. The summed E-state index contributed by atoms with van der Waals surface area (Å²) in [7, 11) is 3.43. The predicted molar refractivity (Wildman–Crippen MR) is 111 cm³/mol. The first-order chi connectivity index (χ1) is 13.6. The Labute approximate surface area is 167 Å². The molecule has 3 rings (SSSR count). The van der Waals surface area contributed by atoms with E-state index < -0.39 is 0 Å². The summed E-state index contributed by atoms with van der Waals surface area (Å²) in [5.74, 6) is 1.71. The summed E-state index contributed by atoms with van der Waals surface area (Å²) in [5, 5.41) is 2.96. The molecule has 0 aliphatic heterocycles. The van der Waals surface area contributed by atoms with Crippen LogP contribution < -0.4 is 14.8 Å². The van der Waals surface area contributed by atoms with Crippen molar-refractivity contribution in [3.05, 3.63) is 59.7 Å². The number of benzene rings is 2. The van der Waals surface area contributed by atoms with Gasteiger partial charge in [-0.05, 0) is 61.1 Å². The lowest BCUT2D eigenvalue weighted by molar-refractivity contribution is 0.155. The van der Waals surface area contributed by atoms with Gasteiger partial charge in [-0.1, -0.05) is 30.7 Å². The van der Waals surface area contributed by atoms with Gasteiger partial charge in [0.05, 0.1) is 13.2 Å². The number of urea groups is 1. The normalized spacial score (nSPS) is 14.4. The van der Waals surface area contributed by atoms with Crippen molar-refractivity contribution in [2.24, 2.45) is 0 Å². The molecule has 5 nitrogen and oxygen atoms in total. The van der Waals surface area contributed by atoms with Crippen molar-refractivity contribution < 1.29 is 14.3 Å². The van der Waals surface area contributed by atoms with E-state index in [2.05, 4.69) is 5.32 Å². The average molecular weight is 383 g/mol. The van der Waals surface area contributed by atoms with Gasteiger partial charge in [0, 0.05) is 20.1 Å². The Balaban J connectivity index is 1.45. The Kier molecular flexibility index (Phi) is 7.18. The van der Waals surface area contributed by atoms with Gasteiger partial charge in [0.2, 0.25) is 0 Å². The lowest BCUT2D eigenvalue weighted by Gasteiger charge is -2.23. The van der Waals surface area contributed by atoms with Crippen LogP contribution >= 0.6 is 0 Å².